The van der Waals surface area contributed by atoms with Gasteiger partial charge >= 0.3 is 0 Å². The van der Waals surface area contributed by atoms with Crippen LogP contribution in [-0.2, 0) is 19.2 Å². The third-order valence-corrected chi connectivity index (χ3v) is 8.05. The molecule has 1 aromatic rings. The van der Waals surface area contributed by atoms with E-state index in [0.717, 1.165) is 5.57 Å². The summed E-state index contributed by atoms with van der Waals surface area (Å²) >= 11 is 0. The fraction of sp³-hybridized carbons (Fsp3) is 0.448. The van der Waals surface area contributed by atoms with Gasteiger partial charge in [0.1, 0.15) is 17.2 Å². The molecular weight excluding hydrogens is 474 g/mol. The van der Waals surface area contributed by atoms with E-state index in [1.54, 1.807) is 6.92 Å². The first-order chi connectivity index (χ1) is 17.4. The standard InChI is InChI=1S/C29H31NO7/c1-13-9-19(32)23-18(26(13)33)12-17-15(24(23)25-20(36-5)10-14(31)11-21(25)37-6)7-8-16-22(17)28(35)30(27(16)34)29(2,3)4/h7,9-11,16-17,22,24,31H,8,12H2,1-6H3. The number of amides is 2. The Bertz CT molecular complexity index is 1330. The Kier molecular flexibility index (Phi) is 5.69. The number of Topliss-reactive ketones (excluding diaryl/α,β-unsaturated/α-hetero) is 1. The molecule has 0 saturated carbocycles. The van der Waals surface area contributed by atoms with Crippen molar-refractivity contribution >= 4 is 23.4 Å². The second-order valence-corrected chi connectivity index (χ2v) is 11.2. The lowest BCUT2D eigenvalue weighted by molar-refractivity contribution is -0.145. The maximum absolute atomic E-state index is 13.8. The Hall–Kier alpha value is -3.68. The van der Waals surface area contributed by atoms with Crippen molar-refractivity contribution < 1.29 is 33.8 Å². The predicted octanol–water partition coefficient (Wildman–Crippen LogP) is 3.64. The topological polar surface area (TPSA) is 110 Å². The maximum atomic E-state index is 13.8. The molecule has 8 heteroatoms. The normalized spacial score (nSPS) is 27.5. The average Bonchev–Trinajstić information content (AvgIpc) is 3.10. The smallest absolute Gasteiger partial charge is 0.234 e. The largest absolute Gasteiger partial charge is 0.508 e. The Morgan fingerprint density at radius 1 is 0.973 bits per heavy atom. The van der Waals surface area contributed by atoms with Gasteiger partial charge in [-0.2, -0.15) is 0 Å². The van der Waals surface area contributed by atoms with Gasteiger partial charge in [-0.05, 0) is 52.5 Å². The number of rotatable bonds is 3. The monoisotopic (exact) mass is 505 g/mol. The Labute approximate surface area is 215 Å². The third-order valence-electron chi connectivity index (χ3n) is 8.05. The van der Waals surface area contributed by atoms with Gasteiger partial charge in [0.15, 0.2) is 11.6 Å². The molecular formula is C29H31NO7. The molecule has 4 atom stereocenters. The molecule has 1 aromatic carbocycles. The predicted molar refractivity (Wildman–Crippen MR) is 134 cm³/mol. The molecule has 1 aliphatic heterocycles. The van der Waals surface area contributed by atoms with Crippen molar-refractivity contribution in [3.05, 3.63) is 52.1 Å². The lowest BCUT2D eigenvalue weighted by Gasteiger charge is -2.42. The number of phenols is 1. The van der Waals surface area contributed by atoms with Gasteiger partial charge in [0.2, 0.25) is 11.8 Å². The number of aromatic hydroxyl groups is 1. The van der Waals surface area contributed by atoms with Gasteiger partial charge < -0.3 is 14.6 Å². The molecule has 2 amide bonds. The van der Waals surface area contributed by atoms with E-state index in [4.69, 9.17) is 9.47 Å². The van der Waals surface area contributed by atoms with Crippen molar-refractivity contribution in [1.82, 2.24) is 4.90 Å². The lowest BCUT2D eigenvalue weighted by atomic mass is 9.59. The molecule has 3 aliphatic carbocycles. The zero-order chi connectivity index (χ0) is 27.0. The second-order valence-electron chi connectivity index (χ2n) is 11.2. The molecule has 1 saturated heterocycles. The van der Waals surface area contributed by atoms with Gasteiger partial charge in [-0.3, -0.25) is 24.1 Å². The number of allylic oxidation sites excluding steroid dienone is 6. The molecule has 1 heterocycles. The SMILES string of the molecule is COc1cc(O)cc(OC)c1C1C2=CCC3C(=O)N(C(C)(C)C)C(=O)C3C2CC2=C1C(=O)C=C(C)C2=O. The number of phenolic OH excluding ortho intramolecular Hbond substituents is 1. The van der Waals surface area contributed by atoms with Crippen LogP contribution in [0.1, 0.15) is 52.0 Å². The van der Waals surface area contributed by atoms with Gasteiger partial charge in [-0.15, -0.1) is 0 Å². The van der Waals surface area contributed by atoms with E-state index in [0.29, 0.717) is 40.2 Å². The number of carbonyl (C=O) groups is 4. The van der Waals surface area contributed by atoms with E-state index >= 15 is 0 Å². The summed E-state index contributed by atoms with van der Waals surface area (Å²) in [7, 11) is 2.91. The Morgan fingerprint density at radius 3 is 2.16 bits per heavy atom. The van der Waals surface area contributed by atoms with E-state index in [1.807, 2.05) is 26.8 Å². The minimum absolute atomic E-state index is 0.0733. The van der Waals surface area contributed by atoms with Crippen LogP contribution in [0.5, 0.6) is 17.2 Å². The first kappa shape index (κ1) is 25.0. The number of hydrogen-bond acceptors (Lipinski definition) is 7. The number of ketones is 2. The van der Waals surface area contributed by atoms with Gasteiger partial charge in [0.25, 0.3) is 0 Å². The minimum Gasteiger partial charge on any atom is -0.508 e. The van der Waals surface area contributed by atoms with Crippen molar-refractivity contribution in [1.29, 1.82) is 0 Å². The van der Waals surface area contributed by atoms with Gasteiger partial charge in [-0.1, -0.05) is 11.6 Å². The van der Waals surface area contributed by atoms with Crippen LogP contribution in [0, 0.1) is 17.8 Å². The Balaban J connectivity index is 1.76. The first-order valence-electron chi connectivity index (χ1n) is 12.4. The summed E-state index contributed by atoms with van der Waals surface area (Å²) < 4.78 is 11.2. The number of nitrogens with zero attached hydrogens (tertiary/aromatic N) is 1. The van der Waals surface area contributed by atoms with Crippen LogP contribution in [0.25, 0.3) is 0 Å². The van der Waals surface area contributed by atoms with Gasteiger partial charge in [0.05, 0.1) is 26.1 Å². The van der Waals surface area contributed by atoms with E-state index in [9.17, 15) is 24.3 Å². The van der Waals surface area contributed by atoms with Gasteiger partial charge in [0, 0.05) is 45.9 Å². The van der Waals surface area contributed by atoms with Crippen molar-refractivity contribution in [2.75, 3.05) is 14.2 Å². The van der Waals surface area contributed by atoms with Crippen LogP contribution in [0.4, 0.5) is 0 Å². The number of benzene rings is 1. The molecule has 0 aromatic heterocycles. The maximum Gasteiger partial charge on any atom is 0.234 e. The highest BCUT2D eigenvalue weighted by molar-refractivity contribution is 6.24. The highest BCUT2D eigenvalue weighted by atomic mass is 16.5. The molecule has 0 spiro atoms. The number of methoxy groups -OCH3 is 2. The fourth-order valence-electron chi connectivity index (χ4n) is 6.58. The fourth-order valence-corrected chi connectivity index (χ4v) is 6.58. The number of fused-ring (bicyclic) bond motifs is 3. The summed E-state index contributed by atoms with van der Waals surface area (Å²) in [5, 5.41) is 10.3. The van der Waals surface area contributed by atoms with Crippen molar-refractivity contribution in [2.45, 2.75) is 52.0 Å². The molecule has 194 valence electrons. The van der Waals surface area contributed by atoms with Crippen molar-refractivity contribution in [2.24, 2.45) is 17.8 Å². The summed E-state index contributed by atoms with van der Waals surface area (Å²) in [6, 6.07) is 2.88. The number of likely N-dealkylation sites (tertiary alicyclic amines) is 1. The van der Waals surface area contributed by atoms with Crippen molar-refractivity contribution in [3.63, 3.8) is 0 Å². The third kappa shape index (κ3) is 3.56. The molecule has 1 fully saturated rings. The van der Waals surface area contributed by atoms with E-state index in [1.165, 1.54) is 37.3 Å². The van der Waals surface area contributed by atoms with E-state index < -0.39 is 29.2 Å². The molecule has 1 N–H and O–H groups in total. The molecule has 37 heavy (non-hydrogen) atoms. The second kappa shape index (κ2) is 8.43. The van der Waals surface area contributed by atoms with E-state index in [2.05, 4.69) is 0 Å². The molecule has 5 rings (SSSR count). The summed E-state index contributed by atoms with van der Waals surface area (Å²) in [4.78, 5) is 55.4. The van der Waals surface area contributed by atoms with Crippen LogP contribution < -0.4 is 9.47 Å². The van der Waals surface area contributed by atoms with Crippen LogP contribution in [0.2, 0.25) is 0 Å². The summed E-state index contributed by atoms with van der Waals surface area (Å²) in [6.45, 7) is 7.12. The highest BCUT2D eigenvalue weighted by Crippen LogP contribution is 2.58. The number of carbonyl (C=O) groups excluding carboxylic acids is 4. The average molecular weight is 506 g/mol. The Morgan fingerprint density at radius 2 is 1.59 bits per heavy atom. The minimum atomic E-state index is -0.729. The lowest BCUT2D eigenvalue weighted by Crippen LogP contribution is -2.46. The molecule has 0 bridgehead atoms. The van der Waals surface area contributed by atoms with Gasteiger partial charge in [-0.25, -0.2) is 0 Å². The quantitative estimate of drug-likeness (QED) is 0.379. The van der Waals surface area contributed by atoms with Crippen LogP contribution >= 0.6 is 0 Å². The van der Waals surface area contributed by atoms with E-state index in [-0.39, 0.29) is 35.6 Å². The molecule has 4 unspecified atom stereocenters. The van der Waals surface area contributed by atoms with Crippen LogP contribution in [-0.4, -0.2) is 53.1 Å². The number of imide groups is 1. The number of hydrogen-bond donors (Lipinski definition) is 1. The summed E-state index contributed by atoms with van der Waals surface area (Å²) in [6.07, 6.45) is 3.86. The molecule has 4 aliphatic rings. The highest BCUT2D eigenvalue weighted by Gasteiger charge is 2.58. The summed E-state index contributed by atoms with van der Waals surface area (Å²) in [5.41, 5.74) is 1.67. The summed E-state index contributed by atoms with van der Waals surface area (Å²) in [5.74, 6) is -2.75. The zero-order valence-electron chi connectivity index (χ0n) is 21.9. The first-order valence-corrected chi connectivity index (χ1v) is 12.4. The molecule has 8 nitrogen and oxygen atoms in total. The zero-order valence-corrected chi connectivity index (χ0v) is 21.9. The molecule has 0 radical (unpaired) electrons. The van der Waals surface area contributed by atoms with Crippen LogP contribution in [0.3, 0.4) is 0 Å². The van der Waals surface area contributed by atoms with Crippen molar-refractivity contribution in [3.8, 4) is 17.2 Å². The number of ether oxygens (including phenoxy) is 2. The van der Waals surface area contributed by atoms with Crippen LogP contribution in [0.15, 0.2) is 46.6 Å².